The summed E-state index contributed by atoms with van der Waals surface area (Å²) in [6.07, 6.45) is 2.84. The Morgan fingerprint density at radius 1 is 0.962 bits per heavy atom. The molecule has 0 radical (unpaired) electrons. The molecule has 0 bridgehead atoms. The second-order valence-electron chi connectivity index (χ2n) is 7.67. The predicted octanol–water partition coefficient (Wildman–Crippen LogP) is 6.36. The van der Waals surface area contributed by atoms with Gasteiger partial charge in [0.25, 0.3) is 0 Å². The molecule has 0 N–H and O–H groups in total. The van der Waals surface area contributed by atoms with Gasteiger partial charge in [0.05, 0.1) is 5.69 Å². The summed E-state index contributed by atoms with van der Waals surface area (Å²) in [7, 11) is 0. The lowest BCUT2D eigenvalue weighted by atomic mass is 10.0. The molecule has 3 heterocycles. The normalized spacial score (nSPS) is 11.9. The Labute approximate surface area is 154 Å². The van der Waals surface area contributed by atoms with Crippen LogP contribution in [0.15, 0.2) is 53.1 Å². The molecule has 0 spiro atoms. The number of rotatable bonds is 4. The SMILES string of the molecule is CC(C)Cc1ccc2c(n1)oc1c(-c3cc(C(C)C)ccn3)cccc12. The third-order valence-electron chi connectivity index (χ3n) is 4.77. The Hall–Kier alpha value is -2.68. The summed E-state index contributed by atoms with van der Waals surface area (Å²) in [6, 6.07) is 14.7. The number of para-hydroxylation sites is 1. The van der Waals surface area contributed by atoms with Crippen molar-refractivity contribution >= 4 is 22.1 Å². The molecule has 3 nitrogen and oxygen atoms in total. The van der Waals surface area contributed by atoms with Crippen molar-refractivity contribution in [1.82, 2.24) is 9.97 Å². The first-order valence-electron chi connectivity index (χ1n) is 9.30. The second kappa shape index (κ2) is 6.56. The van der Waals surface area contributed by atoms with Gasteiger partial charge in [0, 0.05) is 28.2 Å². The Kier molecular flexibility index (Phi) is 4.23. The fourth-order valence-electron chi connectivity index (χ4n) is 3.40. The van der Waals surface area contributed by atoms with Crippen LogP contribution in [-0.4, -0.2) is 9.97 Å². The molecule has 0 fully saturated rings. The van der Waals surface area contributed by atoms with Gasteiger partial charge in [-0.2, -0.15) is 0 Å². The monoisotopic (exact) mass is 344 g/mol. The fraction of sp³-hybridized carbons (Fsp3) is 0.304. The number of nitrogens with zero attached hydrogens (tertiary/aromatic N) is 2. The van der Waals surface area contributed by atoms with Crippen LogP contribution in [0.4, 0.5) is 0 Å². The van der Waals surface area contributed by atoms with Gasteiger partial charge in [-0.05, 0) is 54.2 Å². The van der Waals surface area contributed by atoms with Crippen molar-refractivity contribution in [3.8, 4) is 11.3 Å². The Bertz CT molecular complexity index is 1080. The minimum absolute atomic E-state index is 0.465. The molecule has 3 aromatic heterocycles. The van der Waals surface area contributed by atoms with Crippen molar-refractivity contribution in [1.29, 1.82) is 0 Å². The van der Waals surface area contributed by atoms with Crippen LogP contribution in [0.2, 0.25) is 0 Å². The third kappa shape index (κ3) is 2.98. The van der Waals surface area contributed by atoms with Crippen LogP contribution < -0.4 is 0 Å². The highest BCUT2D eigenvalue weighted by molar-refractivity contribution is 6.08. The van der Waals surface area contributed by atoms with E-state index in [2.05, 4.69) is 75.1 Å². The lowest BCUT2D eigenvalue weighted by Crippen LogP contribution is -1.96. The van der Waals surface area contributed by atoms with E-state index >= 15 is 0 Å². The Balaban J connectivity index is 1.90. The Morgan fingerprint density at radius 3 is 2.58 bits per heavy atom. The number of furan rings is 1. The molecule has 0 aliphatic rings. The molecule has 1 aromatic carbocycles. The van der Waals surface area contributed by atoms with Crippen LogP contribution >= 0.6 is 0 Å². The Morgan fingerprint density at radius 2 is 1.81 bits per heavy atom. The van der Waals surface area contributed by atoms with Gasteiger partial charge in [-0.1, -0.05) is 39.8 Å². The highest BCUT2D eigenvalue weighted by Gasteiger charge is 2.15. The van der Waals surface area contributed by atoms with Crippen molar-refractivity contribution in [2.75, 3.05) is 0 Å². The highest BCUT2D eigenvalue weighted by Crippen LogP contribution is 2.35. The molecule has 0 aliphatic carbocycles. The van der Waals surface area contributed by atoms with E-state index in [0.717, 1.165) is 39.7 Å². The van der Waals surface area contributed by atoms with Crippen LogP contribution in [0.5, 0.6) is 0 Å². The quantitative estimate of drug-likeness (QED) is 0.432. The van der Waals surface area contributed by atoms with Gasteiger partial charge in [0.15, 0.2) is 0 Å². The van der Waals surface area contributed by atoms with Gasteiger partial charge >= 0.3 is 0 Å². The van der Waals surface area contributed by atoms with Crippen LogP contribution in [0.1, 0.15) is 44.9 Å². The minimum Gasteiger partial charge on any atom is -0.437 e. The summed E-state index contributed by atoms with van der Waals surface area (Å²) in [6.45, 7) is 8.80. The molecule has 0 unspecified atom stereocenters. The van der Waals surface area contributed by atoms with E-state index in [4.69, 9.17) is 9.40 Å². The summed E-state index contributed by atoms with van der Waals surface area (Å²) >= 11 is 0. The maximum Gasteiger partial charge on any atom is 0.227 e. The zero-order chi connectivity index (χ0) is 18.3. The summed E-state index contributed by atoms with van der Waals surface area (Å²) < 4.78 is 6.21. The average molecular weight is 344 g/mol. The number of hydrogen-bond donors (Lipinski definition) is 0. The molecule has 0 saturated carbocycles. The number of hydrogen-bond acceptors (Lipinski definition) is 3. The zero-order valence-electron chi connectivity index (χ0n) is 15.8. The van der Waals surface area contributed by atoms with Gasteiger partial charge < -0.3 is 4.42 Å². The molecule has 4 aromatic rings. The van der Waals surface area contributed by atoms with Crippen molar-refractivity contribution in [3.63, 3.8) is 0 Å². The maximum absolute atomic E-state index is 6.21. The van der Waals surface area contributed by atoms with E-state index in [0.29, 0.717) is 17.5 Å². The van der Waals surface area contributed by atoms with Crippen molar-refractivity contribution in [3.05, 3.63) is 59.9 Å². The second-order valence-corrected chi connectivity index (χ2v) is 7.67. The third-order valence-corrected chi connectivity index (χ3v) is 4.77. The van der Waals surface area contributed by atoms with Crippen molar-refractivity contribution in [2.24, 2.45) is 5.92 Å². The fourth-order valence-corrected chi connectivity index (χ4v) is 3.40. The maximum atomic E-state index is 6.21. The molecule has 132 valence electrons. The summed E-state index contributed by atoms with van der Waals surface area (Å²) in [5.41, 5.74) is 5.90. The van der Waals surface area contributed by atoms with E-state index in [1.165, 1.54) is 5.56 Å². The number of fused-ring (bicyclic) bond motifs is 3. The molecule has 0 saturated heterocycles. The first-order chi connectivity index (χ1) is 12.5. The van der Waals surface area contributed by atoms with E-state index < -0.39 is 0 Å². The van der Waals surface area contributed by atoms with Crippen LogP contribution in [-0.2, 0) is 6.42 Å². The zero-order valence-corrected chi connectivity index (χ0v) is 15.8. The first-order valence-corrected chi connectivity index (χ1v) is 9.30. The molecule has 26 heavy (non-hydrogen) atoms. The molecule has 3 heteroatoms. The standard InChI is InChI=1S/C23H24N2O/c1-14(2)12-17-8-9-19-18-6-5-7-20(22(18)26-23(19)25-17)21-13-16(15(3)4)10-11-24-21/h5-11,13-15H,12H2,1-4H3. The van der Waals surface area contributed by atoms with Gasteiger partial charge in [0.2, 0.25) is 5.71 Å². The van der Waals surface area contributed by atoms with Gasteiger partial charge in [-0.3, -0.25) is 4.98 Å². The predicted molar refractivity (Wildman–Crippen MR) is 107 cm³/mol. The first kappa shape index (κ1) is 16.8. The van der Waals surface area contributed by atoms with Crippen molar-refractivity contribution in [2.45, 2.75) is 40.0 Å². The molecular formula is C23H24N2O. The summed E-state index contributed by atoms with van der Waals surface area (Å²) in [5.74, 6) is 1.04. The van der Waals surface area contributed by atoms with E-state index in [-0.39, 0.29) is 0 Å². The van der Waals surface area contributed by atoms with E-state index in [1.54, 1.807) is 0 Å². The largest absolute Gasteiger partial charge is 0.437 e. The molecule has 0 atom stereocenters. The summed E-state index contributed by atoms with van der Waals surface area (Å²) in [4.78, 5) is 9.33. The molecule has 0 aliphatic heterocycles. The molecule has 4 rings (SSSR count). The highest BCUT2D eigenvalue weighted by atomic mass is 16.3. The average Bonchev–Trinajstić information content (AvgIpc) is 2.99. The van der Waals surface area contributed by atoms with Gasteiger partial charge in [0.1, 0.15) is 5.58 Å². The topological polar surface area (TPSA) is 38.9 Å². The van der Waals surface area contributed by atoms with E-state index in [9.17, 15) is 0 Å². The smallest absolute Gasteiger partial charge is 0.227 e. The van der Waals surface area contributed by atoms with Gasteiger partial charge in [-0.15, -0.1) is 0 Å². The number of aromatic nitrogens is 2. The van der Waals surface area contributed by atoms with Crippen LogP contribution in [0.3, 0.4) is 0 Å². The van der Waals surface area contributed by atoms with E-state index in [1.807, 2.05) is 6.20 Å². The molecular weight excluding hydrogens is 320 g/mol. The molecule has 0 amide bonds. The van der Waals surface area contributed by atoms with Crippen LogP contribution in [0.25, 0.3) is 33.3 Å². The lowest BCUT2D eigenvalue weighted by molar-refractivity contribution is 0.621. The van der Waals surface area contributed by atoms with Gasteiger partial charge in [-0.25, -0.2) is 4.98 Å². The van der Waals surface area contributed by atoms with Crippen LogP contribution in [0, 0.1) is 5.92 Å². The van der Waals surface area contributed by atoms with Crippen molar-refractivity contribution < 1.29 is 4.42 Å². The lowest BCUT2D eigenvalue weighted by Gasteiger charge is -2.07. The minimum atomic E-state index is 0.465. The number of pyridine rings is 2. The summed E-state index contributed by atoms with van der Waals surface area (Å²) in [5, 5.41) is 2.16. The number of benzene rings is 1.